The van der Waals surface area contributed by atoms with Crippen LogP contribution in [0.25, 0.3) is 5.57 Å². The van der Waals surface area contributed by atoms with E-state index in [2.05, 4.69) is 6.08 Å². The van der Waals surface area contributed by atoms with E-state index in [-0.39, 0.29) is 35.0 Å². The zero-order valence-corrected chi connectivity index (χ0v) is 25.8. The van der Waals surface area contributed by atoms with Crippen LogP contribution in [0.15, 0.2) is 90.5 Å². The van der Waals surface area contributed by atoms with Gasteiger partial charge in [-0.1, -0.05) is 91.4 Å². The third-order valence-electron chi connectivity index (χ3n) is 10.8. The molecule has 1 saturated carbocycles. The molecule has 4 aliphatic rings. The first-order valence-corrected chi connectivity index (χ1v) is 16.0. The molecule has 6 nitrogen and oxygen atoms in total. The molecule has 1 N–H and O–H groups in total. The molecule has 7 rings (SSSR count). The minimum absolute atomic E-state index is 0.120. The van der Waals surface area contributed by atoms with Gasteiger partial charge in [-0.05, 0) is 72.9 Å². The van der Waals surface area contributed by atoms with Crippen LogP contribution < -0.4 is 0 Å². The quantitative estimate of drug-likeness (QED) is 0.277. The first kappa shape index (κ1) is 29.1. The Bertz CT molecular complexity index is 1780. The number of hydrogen-bond acceptors (Lipinski definition) is 5. The van der Waals surface area contributed by atoms with Crippen molar-refractivity contribution in [1.82, 2.24) is 4.90 Å². The first-order chi connectivity index (χ1) is 21.7. The average Bonchev–Trinajstić information content (AvgIpc) is 3.29. The Morgan fingerprint density at radius 1 is 0.867 bits per heavy atom. The monoisotopic (exact) mass is 599 g/mol. The Hall–Kier alpha value is -4.58. The van der Waals surface area contributed by atoms with E-state index in [4.69, 9.17) is 0 Å². The van der Waals surface area contributed by atoms with E-state index < -0.39 is 29.1 Å². The van der Waals surface area contributed by atoms with E-state index in [1.54, 1.807) is 0 Å². The molecule has 3 aromatic rings. The Morgan fingerprint density at radius 2 is 1.51 bits per heavy atom. The van der Waals surface area contributed by atoms with Crippen molar-refractivity contribution in [2.45, 2.75) is 51.4 Å². The second-order valence-corrected chi connectivity index (χ2v) is 13.1. The van der Waals surface area contributed by atoms with Crippen LogP contribution in [0.2, 0.25) is 0 Å². The second-order valence-electron chi connectivity index (χ2n) is 13.1. The van der Waals surface area contributed by atoms with Crippen molar-refractivity contribution in [2.75, 3.05) is 6.54 Å². The molecule has 0 aromatic heterocycles. The molecule has 3 aliphatic carbocycles. The number of Topliss-reactive ketones (excluding diaryl/α,β-unsaturated/α-hetero) is 1. The topological polar surface area (TPSA) is 91.8 Å². The van der Waals surface area contributed by atoms with Crippen LogP contribution in [-0.2, 0) is 24.6 Å². The highest BCUT2D eigenvalue weighted by atomic mass is 16.3. The lowest BCUT2D eigenvalue weighted by Gasteiger charge is -2.55. The maximum atomic E-state index is 15.0. The van der Waals surface area contributed by atoms with Gasteiger partial charge in [-0.3, -0.25) is 24.1 Å². The highest BCUT2D eigenvalue weighted by Gasteiger charge is 2.65. The molecule has 228 valence electrons. The molecule has 0 bridgehead atoms. The highest BCUT2D eigenvalue weighted by molar-refractivity contribution is 6.31. The Labute approximate surface area is 263 Å². The maximum absolute atomic E-state index is 15.0. The molecule has 2 fully saturated rings. The van der Waals surface area contributed by atoms with Gasteiger partial charge in [0, 0.05) is 24.0 Å². The molecule has 45 heavy (non-hydrogen) atoms. The lowest BCUT2D eigenvalue weighted by atomic mass is 9.44. The standard InChI is InChI=1S/C39H37NO5/c1-4-17-40-37(44)28-16-15-27-30(33(28)38(40)45)20-31-36(43)29(24-11-7-5-8-12-24)21-32(41)39(31,26-13-9-6-10-14-26)34(27)25-18-22(2)35(42)23(3)19-25/h5-15,18-19,21,28,30-31,33-34,42H,4,16-17,20H2,1-3H3. The summed E-state index contributed by atoms with van der Waals surface area (Å²) in [6.07, 6.45) is 5.01. The average molecular weight is 600 g/mol. The van der Waals surface area contributed by atoms with E-state index in [0.29, 0.717) is 48.1 Å². The van der Waals surface area contributed by atoms with Crippen molar-refractivity contribution in [3.63, 3.8) is 0 Å². The number of benzene rings is 3. The van der Waals surface area contributed by atoms with Gasteiger partial charge in [0.15, 0.2) is 11.6 Å². The van der Waals surface area contributed by atoms with E-state index in [1.807, 2.05) is 93.6 Å². The predicted octanol–water partition coefficient (Wildman–Crippen LogP) is 6.24. The summed E-state index contributed by atoms with van der Waals surface area (Å²) in [5.41, 5.74) is 3.69. The van der Waals surface area contributed by atoms with Crippen molar-refractivity contribution < 1.29 is 24.3 Å². The van der Waals surface area contributed by atoms with Gasteiger partial charge in [0.1, 0.15) is 5.75 Å². The normalized spacial score (nSPS) is 29.1. The number of imide groups is 1. The number of ketones is 2. The molecule has 0 spiro atoms. The summed E-state index contributed by atoms with van der Waals surface area (Å²) in [5, 5.41) is 10.8. The van der Waals surface area contributed by atoms with E-state index >= 15 is 4.79 Å². The highest BCUT2D eigenvalue weighted by Crippen LogP contribution is 2.63. The van der Waals surface area contributed by atoms with E-state index in [0.717, 1.165) is 16.7 Å². The number of phenolic OH excluding ortho intramolecular Hbond substituents is 1. The number of fused-ring (bicyclic) bond motifs is 4. The number of hydrogen-bond donors (Lipinski definition) is 1. The smallest absolute Gasteiger partial charge is 0.233 e. The van der Waals surface area contributed by atoms with Gasteiger partial charge < -0.3 is 5.11 Å². The van der Waals surface area contributed by atoms with Gasteiger partial charge >= 0.3 is 0 Å². The Kier molecular flexibility index (Phi) is 6.99. The number of phenols is 1. The summed E-state index contributed by atoms with van der Waals surface area (Å²) in [4.78, 5) is 58.9. The lowest BCUT2D eigenvalue weighted by molar-refractivity contribution is -0.140. The zero-order chi connectivity index (χ0) is 31.6. The summed E-state index contributed by atoms with van der Waals surface area (Å²) in [6.45, 7) is 6.01. The number of rotatable bonds is 5. The molecule has 3 aromatic carbocycles. The van der Waals surface area contributed by atoms with Crippen molar-refractivity contribution in [2.24, 2.45) is 23.7 Å². The van der Waals surface area contributed by atoms with Crippen molar-refractivity contribution in [3.8, 4) is 5.75 Å². The van der Waals surface area contributed by atoms with Gasteiger partial charge in [-0.15, -0.1) is 0 Å². The summed E-state index contributed by atoms with van der Waals surface area (Å²) >= 11 is 0. The first-order valence-electron chi connectivity index (χ1n) is 16.0. The largest absolute Gasteiger partial charge is 0.507 e. The van der Waals surface area contributed by atoms with Crippen LogP contribution in [0, 0.1) is 37.5 Å². The minimum Gasteiger partial charge on any atom is -0.507 e. The number of carbonyl (C=O) groups is 4. The van der Waals surface area contributed by atoms with E-state index in [9.17, 15) is 19.5 Å². The molecule has 1 saturated heterocycles. The molecule has 6 atom stereocenters. The van der Waals surface area contributed by atoms with Crippen molar-refractivity contribution >= 4 is 29.0 Å². The fourth-order valence-corrected chi connectivity index (χ4v) is 8.91. The molecule has 6 unspecified atom stereocenters. The van der Waals surface area contributed by atoms with Gasteiger partial charge in [-0.2, -0.15) is 0 Å². The fraction of sp³-hybridized carbons (Fsp3) is 0.333. The SMILES string of the molecule is CCCN1C(=O)C2CC=C3C(CC4C(=O)C(c5ccccc5)=CC(=O)C4(c4ccccc4)C3c3cc(C)c(O)c(C)c3)C2C1=O. The number of nitrogens with zero attached hydrogens (tertiary/aromatic N) is 1. The Balaban J connectivity index is 1.52. The van der Waals surface area contributed by atoms with Crippen molar-refractivity contribution in [3.05, 3.63) is 118 Å². The molecule has 0 radical (unpaired) electrons. The summed E-state index contributed by atoms with van der Waals surface area (Å²) < 4.78 is 0. The number of allylic oxidation sites excluding steroid dienone is 4. The predicted molar refractivity (Wildman–Crippen MR) is 171 cm³/mol. The second kappa shape index (κ2) is 10.8. The molecular formula is C39H37NO5. The summed E-state index contributed by atoms with van der Waals surface area (Å²) in [5.74, 6) is -3.14. The third-order valence-corrected chi connectivity index (χ3v) is 10.8. The van der Waals surface area contributed by atoms with Crippen LogP contribution >= 0.6 is 0 Å². The van der Waals surface area contributed by atoms with Crippen LogP contribution in [0.1, 0.15) is 59.9 Å². The van der Waals surface area contributed by atoms with Gasteiger partial charge in [0.25, 0.3) is 0 Å². The maximum Gasteiger partial charge on any atom is 0.233 e. The van der Waals surface area contributed by atoms with Gasteiger partial charge in [0.05, 0.1) is 17.3 Å². The number of amides is 2. The van der Waals surface area contributed by atoms with Gasteiger partial charge in [0.2, 0.25) is 11.8 Å². The minimum atomic E-state index is -1.27. The lowest BCUT2D eigenvalue weighted by Crippen LogP contribution is -2.58. The van der Waals surface area contributed by atoms with Gasteiger partial charge in [-0.25, -0.2) is 0 Å². The zero-order valence-electron chi connectivity index (χ0n) is 25.8. The number of aryl methyl sites for hydroxylation is 2. The molecule has 1 aliphatic heterocycles. The van der Waals surface area contributed by atoms with Crippen molar-refractivity contribution in [1.29, 1.82) is 0 Å². The molecule has 2 amide bonds. The number of carbonyl (C=O) groups excluding carboxylic acids is 4. The molecule has 1 heterocycles. The fourth-order valence-electron chi connectivity index (χ4n) is 8.91. The Morgan fingerprint density at radius 3 is 2.16 bits per heavy atom. The number of likely N-dealkylation sites (tertiary alicyclic amines) is 1. The molecule has 6 heteroatoms. The number of aromatic hydroxyl groups is 1. The van der Waals surface area contributed by atoms with Crippen LogP contribution in [0.5, 0.6) is 5.75 Å². The summed E-state index contributed by atoms with van der Waals surface area (Å²) in [6, 6.07) is 22.7. The third kappa shape index (κ3) is 4.14. The van der Waals surface area contributed by atoms with Crippen LogP contribution in [-0.4, -0.2) is 39.9 Å². The van der Waals surface area contributed by atoms with E-state index in [1.165, 1.54) is 11.0 Å². The van der Waals surface area contributed by atoms with Crippen LogP contribution in [0.3, 0.4) is 0 Å². The summed E-state index contributed by atoms with van der Waals surface area (Å²) in [7, 11) is 0. The van der Waals surface area contributed by atoms with Crippen LogP contribution in [0.4, 0.5) is 0 Å². The molecular weight excluding hydrogens is 562 g/mol.